The highest BCUT2D eigenvalue weighted by Gasteiger charge is 2.34. The molecule has 1 aromatic heterocycles. The molecule has 0 saturated heterocycles. The summed E-state index contributed by atoms with van der Waals surface area (Å²) in [6.45, 7) is 0.697. The third kappa shape index (κ3) is 2.44. The number of aromatic nitrogens is 2. The quantitative estimate of drug-likeness (QED) is 0.895. The lowest BCUT2D eigenvalue weighted by Gasteiger charge is -2.38. The van der Waals surface area contributed by atoms with E-state index in [0.29, 0.717) is 12.5 Å². The number of hydrogen-bond acceptors (Lipinski definition) is 4. The fourth-order valence-electron chi connectivity index (χ4n) is 3.76. The van der Waals surface area contributed by atoms with Crippen LogP contribution >= 0.6 is 0 Å². The van der Waals surface area contributed by atoms with E-state index in [0.717, 1.165) is 23.6 Å². The standard InChI is InChI=1S/C14H23N3O/c1-15-9-13-16-14(18-17-13)12-7-6-10-4-2-3-5-11(10)8-12/h10-12,15H,2-9H2,1H3. The number of nitrogens with zero attached hydrogens (tertiary/aromatic N) is 2. The number of fused-ring (bicyclic) bond motifs is 1. The largest absolute Gasteiger partial charge is 0.339 e. The molecule has 3 unspecified atom stereocenters. The van der Waals surface area contributed by atoms with E-state index >= 15 is 0 Å². The first kappa shape index (κ1) is 12.2. The molecule has 0 aliphatic heterocycles. The minimum atomic E-state index is 0.516. The van der Waals surface area contributed by atoms with Crippen molar-refractivity contribution in [3.05, 3.63) is 11.7 Å². The van der Waals surface area contributed by atoms with Crippen LogP contribution in [0.25, 0.3) is 0 Å². The third-order valence-electron chi connectivity index (χ3n) is 4.71. The van der Waals surface area contributed by atoms with Gasteiger partial charge < -0.3 is 9.84 Å². The van der Waals surface area contributed by atoms with E-state index in [4.69, 9.17) is 4.52 Å². The zero-order chi connectivity index (χ0) is 12.4. The van der Waals surface area contributed by atoms with Gasteiger partial charge in [0.1, 0.15) is 0 Å². The normalized spacial score (nSPS) is 32.2. The van der Waals surface area contributed by atoms with Crippen molar-refractivity contribution < 1.29 is 4.52 Å². The average molecular weight is 249 g/mol. The smallest absolute Gasteiger partial charge is 0.229 e. The van der Waals surface area contributed by atoms with Gasteiger partial charge in [0.2, 0.25) is 5.89 Å². The van der Waals surface area contributed by atoms with Crippen LogP contribution in [0.5, 0.6) is 0 Å². The molecule has 0 aromatic carbocycles. The van der Waals surface area contributed by atoms with Gasteiger partial charge in [-0.3, -0.25) is 0 Å². The molecule has 1 N–H and O–H groups in total. The third-order valence-corrected chi connectivity index (χ3v) is 4.71. The fourth-order valence-corrected chi connectivity index (χ4v) is 3.76. The maximum Gasteiger partial charge on any atom is 0.229 e. The minimum absolute atomic E-state index is 0.516. The summed E-state index contributed by atoms with van der Waals surface area (Å²) in [6, 6.07) is 0. The second-order valence-corrected chi connectivity index (χ2v) is 5.89. The predicted molar refractivity (Wildman–Crippen MR) is 69.1 cm³/mol. The molecule has 3 rings (SSSR count). The van der Waals surface area contributed by atoms with Gasteiger partial charge in [0, 0.05) is 5.92 Å². The molecule has 0 radical (unpaired) electrons. The number of hydrogen-bond donors (Lipinski definition) is 1. The molecule has 4 heteroatoms. The maximum absolute atomic E-state index is 5.44. The molecule has 1 aromatic rings. The maximum atomic E-state index is 5.44. The van der Waals surface area contributed by atoms with Crippen molar-refractivity contribution in [3.8, 4) is 0 Å². The molecule has 2 fully saturated rings. The summed E-state index contributed by atoms with van der Waals surface area (Å²) in [4.78, 5) is 4.52. The van der Waals surface area contributed by atoms with Gasteiger partial charge in [-0.05, 0) is 38.1 Å². The van der Waals surface area contributed by atoms with Crippen molar-refractivity contribution in [1.82, 2.24) is 15.5 Å². The summed E-state index contributed by atoms with van der Waals surface area (Å²) in [7, 11) is 1.91. The fraction of sp³-hybridized carbons (Fsp3) is 0.857. The van der Waals surface area contributed by atoms with Crippen LogP contribution in [0, 0.1) is 11.8 Å². The molecule has 0 bridgehead atoms. The molecule has 2 saturated carbocycles. The van der Waals surface area contributed by atoms with E-state index in [-0.39, 0.29) is 0 Å². The molecule has 4 nitrogen and oxygen atoms in total. The first-order valence-corrected chi connectivity index (χ1v) is 7.34. The van der Waals surface area contributed by atoms with Gasteiger partial charge in [-0.15, -0.1) is 0 Å². The highest BCUT2D eigenvalue weighted by Crippen LogP contribution is 2.45. The summed E-state index contributed by atoms with van der Waals surface area (Å²) in [6.07, 6.45) is 9.60. The Hall–Kier alpha value is -0.900. The highest BCUT2D eigenvalue weighted by molar-refractivity contribution is 4.98. The van der Waals surface area contributed by atoms with Gasteiger partial charge in [0.25, 0.3) is 0 Å². The van der Waals surface area contributed by atoms with E-state index < -0.39 is 0 Å². The Morgan fingerprint density at radius 3 is 2.83 bits per heavy atom. The highest BCUT2D eigenvalue weighted by atomic mass is 16.5. The predicted octanol–water partition coefficient (Wildman–Crippen LogP) is 2.86. The molecule has 1 heterocycles. The van der Waals surface area contributed by atoms with Crippen LogP contribution in [-0.2, 0) is 6.54 Å². The van der Waals surface area contributed by atoms with Crippen LogP contribution < -0.4 is 5.32 Å². The summed E-state index contributed by atoms with van der Waals surface area (Å²) in [5, 5.41) is 7.10. The second kappa shape index (κ2) is 5.39. The Bertz CT molecular complexity index is 390. The lowest BCUT2D eigenvalue weighted by Crippen LogP contribution is -2.27. The first-order valence-electron chi connectivity index (χ1n) is 7.34. The topological polar surface area (TPSA) is 51.0 Å². The van der Waals surface area contributed by atoms with Gasteiger partial charge in [-0.2, -0.15) is 4.98 Å². The van der Waals surface area contributed by atoms with Gasteiger partial charge in [-0.25, -0.2) is 0 Å². The van der Waals surface area contributed by atoms with E-state index in [9.17, 15) is 0 Å². The van der Waals surface area contributed by atoms with Crippen molar-refractivity contribution in [1.29, 1.82) is 0 Å². The summed E-state index contributed by atoms with van der Waals surface area (Å²) >= 11 is 0. The van der Waals surface area contributed by atoms with E-state index in [2.05, 4.69) is 15.5 Å². The van der Waals surface area contributed by atoms with Crippen LogP contribution in [0.4, 0.5) is 0 Å². The average Bonchev–Trinajstić information content (AvgIpc) is 2.87. The van der Waals surface area contributed by atoms with Crippen LogP contribution in [0.1, 0.15) is 62.6 Å². The van der Waals surface area contributed by atoms with E-state index in [1.54, 1.807) is 0 Å². The SMILES string of the molecule is CNCc1noc(C2CCC3CCCCC3C2)n1. The van der Waals surface area contributed by atoms with E-state index in [1.165, 1.54) is 44.9 Å². The monoisotopic (exact) mass is 249 g/mol. The van der Waals surface area contributed by atoms with Crippen molar-refractivity contribution in [2.24, 2.45) is 11.8 Å². The van der Waals surface area contributed by atoms with Crippen molar-refractivity contribution in [3.63, 3.8) is 0 Å². The number of nitrogens with one attached hydrogen (secondary N) is 1. The lowest BCUT2D eigenvalue weighted by atomic mass is 9.67. The molecule has 0 amide bonds. The van der Waals surface area contributed by atoms with Crippen LogP contribution in [0.15, 0.2) is 4.52 Å². The van der Waals surface area contributed by atoms with Crippen molar-refractivity contribution in [2.45, 2.75) is 57.4 Å². The van der Waals surface area contributed by atoms with Crippen LogP contribution in [0.2, 0.25) is 0 Å². The van der Waals surface area contributed by atoms with Gasteiger partial charge in [0.15, 0.2) is 5.82 Å². The Kier molecular flexibility index (Phi) is 3.64. The molecule has 18 heavy (non-hydrogen) atoms. The molecular weight excluding hydrogens is 226 g/mol. The molecule has 2 aliphatic carbocycles. The van der Waals surface area contributed by atoms with Crippen molar-refractivity contribution in [2.75, 3.05) is 7.05 Å². The minimum Gasteiger partial charge on any atom is -0.339 e. The lowest BCUT2D eigenvalue weighted by molar-refractivity contribution is 0.142. The van der Waals surface area contributed by atoms with E-state index in [1.807, 2.05) is 7.05 Å². The summed E-state index contributed by atoms with van der Waals surface area (Å²) in [5.74, 6) is 4.08. The van der Waals surface area contributed by atoms with Gasteiger partial charge in [0.05, 0.1) is 6.54 Å². The van der Waals surface area contributed by atoms with Crippen LogP contribution in [-0.4, -0.2) is 17.2 Å². The summed E-state index contributed by atoms with van der Waals surface area (Å²) < 4.78 is 5.44. The Morgan fingerprint density at radius 2 is 2.00 bits per heavy atom. The first-order chi connectivity index (χ1) is 8.86. The molecule has 0 spiro atoms. The zero-order valence-corrected chi connectivity index (χ0v) is 11.2. The summed E-state index contributed by atoms with van der Waals surface area (Å²) in [5.41, 5.74) is 0. The Labute approximate surface area is 109 Å². The van der Waals surface area contributed by atoms with Gasteiger partial charge >= 0.3 is 0 Å². The second-order valence-electron chi connectivity index (χ2n) is 5.89. The molecular formula is C14H23N3O. The van der Waals surface area contributed by atoms with Crippen molar-refractivity contribution >= 4 is 0 Å². The number of rotatable bonds is 3. The molecule has 3 atom stereocenters. The molecule has 2 aliphatic rings. The van der Waals surface area contributed by atoms with Crippen LogP contribution in [0.3, 0.4) is 0 Å². The Morgan fingerprint density at radius 1 is 1.17 bits per heavy atom. The van der Waals surface area contributed by atoms with Gasteiger partial charge in [-0.1, -0.05) is 30.8 Å². The molecule has 100 valence electrons. The zero-order valence-electron chi connectivity index (χ0n) is 11.2. The Balaban J connectivity index is 1.65.